The van der Waals surface area contributed by atoms with Crippen LogP contribution in [-0.2, 0) is 15.9 Å². The molecule has 1 amide bonds. The number of hydrogen-bond donors (Lipinski definition) is 1. The first-order valence-electron chi connectivity index (χ1n) is 9.30. The SMILES string of the molecule is COC(=O)S[C@H](Cc1cc(N(CCCl)CCCl)ccc1C)NC(=O)OC(C)(C)C. The largest absolute Gasteiger partial charge is 0.461 e. The summed E-state index contributed by atoms with van der Waals surface area (Å²) in [6.45, 7) is 8.68. The Hall–Kier alpha value is -1.31. The van der Waals surface area contributed by atoms with Crippen molar-refractivity contribution >= 4 is 52.0 Å². The molecule has 0 bridgehead atoms. The maximum absolute atomic E-state index is 12.2. The monoisotopic (exact) mass is 464 g/mol. The number of alkyl halides is 2. The molecule has 0 spiro atoms. The molecule has 1 rings (SSSR count). The third kappa shape index (κ3) is 9.83. The number of anilines is 1. The van der Waals surface area contributed by atoms with Crippen LogP contribution in [0.2, 0.25) is 0 Å². The molecule has 0 fully saturated rings. The van der Waals surface area contributed by atoms with E-state index in [2.05, 4.69) is 10.2 Å². The molecule has 6 nitrogen and oxygen atoms in total. The van der Waals surface area contributed by atoms with E-state index in [1.807, 2.05) is 25.1 Å². The molecule has 0 saturated heterocycles. The number of aryl methyl sites for hydroxylation is 1. The van der Waals surface area contributed by atoms with Gasteiger partial charge in [-0.25, -0.2) is 9.59 Å². The van der Waals surface area contributed by atoms with E-state index in [1.165, 1.54) is 7.11 Å². The highest BCUT2D eigenvalue weighted by Crippen LogP contribution is 2.24. The average Bonchev–Trinajstić information content (AvgIpc) is 2.61. The van der Waals surface area contributed by atoms with E-state index in [-0.39, 0.29) is 0 Å². The highest BCUT2D eigenvalue weighted by atomic mass is 35.5. The van der Waals surface area contributed by atoms with Crippen molar-refractivity contribution < 1.29 is 19.1 Å². The minimum Gasteiger partial charge on any atom is -0.461 e. The molecule has 0 saturated carbocycles. The van der Waals surface area contributed by atoms with Crippen LogP contribution in [0.25, 0.3) is 0 Å². The van der Waals surface area contributed by atoms with Gasteiger partial charge in [0.25, 0.3) is 0 Å². The standard InChI is InChI=1S/C20H30Cl2N2O4S/c1-14-6-7-16(24(10-8-21)11-9-22)12-15(14)13-17(29-19(26)27-5)23-18(25)28-20(2,3)4/h6-7,12,17H,8-11,13H2,1-5H3,(H,23,25)/t17-/m1/s1. The fraction of sp³-hybridized carbons (Fsp3) is 0.600. The van der Waals surface area contributed by atoms with Gasteiger partial charge in [0.15, 0.2) is 0 Å². The quantitative estimate of drug-likeness (QED) is 0.308. The van der Waals surface area contributed by atoms with Crippen LogP contribution in [-0.4, -0.2) is 54.3 Å². The first kappa shape index (κ1) is 25.7. The third-order valence-corrected chi connectivity index (χ3v) is 5.16. The Morgan fingerprint density at radius 2 is 1.83 bits per heavy atom. The molecular formula is C20H30Cl2N2O4S. The number of thioether (sulfide) groups is 1. The lowest BCUT2D eigenvalue weighted by Crippen LogP contribution is -2.39. The van der Waals surface area contributed by atoms with Crippen molar-refractivity contribution in [2.75, 3.05) is 36.9 Å². The zero-order valence-corrected chi connectivity index (χ0v) is 19.9. The number of hydrogen-bond acceptors (Lipinski definition) is 6. The van der Waals surface area contributed by atoms with Crippen molar-refractivity contribution in [3.05, 3.63) is 29.3 Å². The summed E-state index contributed by atoms with van der Waals surface area (Å²) in [5, 5.41) is 1.74. The fourth-order valence-corrected chi connectivity index (χ4v) is 3.73. The first-order valence-corrected chi connectivity index (χ1v) is 11.2. The van der Waals surface area contributed by atoms with Crippen LogP contribution in [0.15, 0.2) is 18.2 Å². The van der Waals surface area contributed by atoms with Gasteiger partial charge in [-0.2, -0.15) is 0 Å². The van der Waals surface area contributed by atoms with Crippen molar-refractivity contribution in [3.63, 3.8) is 0 Å². The lowest BCUT2D eigenvalue weighted by molar-refractivity contribution is 0.0522. The summed E-state index contributed by atoms with van der Waals surface area (Å²) in [5.74, 6) is 0.974. The van der Waals surface area contributed by atoms with Crippen molar-refractivity contribution in [3.8, 4) is 0 Å². The van der Waals surface area contributed by atoms with E-state index < -0.39 is 22.4 Å². The molecule has 29 heavy (non-hydrogen) atoms. The van der Waals surface area contributed by atoms with Gasteiger partial charge in [0.2, 0.25) is 0 Å². The van der Waals surface area contributed by atoms with Gasteiger partial charge >= 0.3 is 11.4 Å². The van der Waals surface area contributed by atoms with Crippen LogP contribution in [0.5, 0.6) is 0 Å². The topological polar surface area (TPSA) is 67.9 Å². The van der Waals surface area contributed by atoms with Gasteiger partial charge in [-0.1, -0.05) is 6.07 Å². The van der Waals surface area contributed by atoms with Crippen molar-refractivity contribution in [2.24, 2.45) is 0 Å². The van der Waals surface area contributed by atoms with Gasteiger partial charge in [0.05, 0.1) is 12.5 Å². The molecule has 0 heterocycles. The number of alkyl carbamates (subject to hydrolysis) is 1. The van der Waals surface area contributed by atoms with Gasteiger partial charge in [0.1, 0.15) is 5.60 Å². The Morgan fingerprint density at radius 3 is 2.34 bits per heavy atom. The molecule has 1 aromatic rings. The van der Waals surface area contributed by atoms with Crippen LogP contribution in [0.4, 0.5) is 15.3 Å². The van der Waals surface area contributed by atoms with E-state index in [9.17, 15) is 9.59 Å². The molecule has 0 aliphatic rings. The van der Waals surface area contributed by atoms with Crippen molar-refractivity contribution in [2.45, 2.75) is 45.1 Å². The number of rotatable bonds is 9. The number of halogens is 2. The average molecular weight is 465 g/mol. The molecule has 1 N–H and O–H groups in total. The van der Waals surface area contributed by atoms with Gasteiger partial charge in [-0.05, 0) is 62.7 Å². The van der Waals surface area contributed by atoms with Gasteiger partial charge in [-0.3, -0.25) is 0 Å². The number of nitrogens with one attached hydrogen (secondary N) is 1. The molecule has 0 aliphatic carbocycles. The number of methoxy groups -OCH3 is 1. The van der Waals surface area contributed by atoms with Crippen molar-refractivity contribution in [1.29, 1.82) is 0 Å². The van der Waals surface area contributed by atoms with Crippen molar-refractivity contribution in [1.82, 2.24) is 5.32 Å². The third-order valence-electron chi connectivity index (χ3n) is 3.89. The molecule has 0 aromatic heterocycles. The summed E-state index contributed by atoms with van der Waals surface area (Å²) in [7, 11) is 1.31. The molecule has 0 aliphatic heterocycles. The summed E-state index contributed by atoms with van der Waals surface area (Å²) in [5.41, 5.74) is 2.40. The number of benzene rings is 1. The Labute approximate surface area is 187 Å². The zero-order chi connectivity index (χ0) is 22.0. The second-order valence-electron chi connectivity index (χ2n) is 7.39. The van der Waals surface area contributed by atoms with E-state index in [0.29, 0.717) is 31.3 Å². The molecule has 9 heteroatoms. The Bertz CT molecular complexity index is 677. The highest BCUT2D eigenvalue weighted by molar-refractivity contribution is 8.13. The smallest absolute Gasteiger partial charge is 0.408 e. The predicted octanol–water partition coefficient (Wildman–Crippen LogP) is 5.17. The predicted molar refractivity (Wildman–Crippen MR) is 122 cm³/mol. The number of carbonyl (C=O) groups is 2. The molecule has 164 valence electrons. The van der Waals surface area contributed by atoms with Crippen LogP contribution < -0.4 is 10.2 Å². The van der Waals surface area contributed by atoms with Crippen LogP contribution in [0, 0.1) is 6.92 Å². The summed E-state index contributed by atoms with van der Waals surface area (Å²) in [4.78, 5) is 26.1. The Kier molecular flexibility index (Phi) is 11.0. The summed E-state index contributed by atoms with van der Waals surface area (Å²) < 4.78 is 10.1. The van der Waals surface area contributed by atoms with Gasteiger partial charge in [0, 0.05) is 37.0 Å². The summed E-state index contributed by atoms with van der Waals surface area (Å²) >= 11 is 12.7. The minimum absolute atomic E-state index is 0.425. The molecule has 1 aromatic carbocycles. The maximum atomic E-state index is 12.2. The molecule has 1 atom stereocenters. The zero-order valence-electron chi connectivity index (χ0n) is 17.6. The van der Waals surface area contributed by atoms with E-state index in [0.717, 1.165) is 28.6 Å². The molecular weight excluding hydrogens is 435 g/mol. The second-order valence-corrected chi connectivity index (χ2v) is 9.28. The van der Waals surface area contributed by atoms with E-state index in [1.54, 1.807) is 20.8 Å². The van der Waals surface area contributed by atoms with Crippen LogP contribution in [0.3, 0.4) is 0 Å². The number of amides is 1. The van der Waals surface area contributed by atoms with Gasteiger partial charge in [-0.15, -0.1) is 23.2 Å². The van der Waals surface area contributed by atoms with E-state index >= 15 is 0 Å². The molecule has 0 unspecified atom stereocenters. The number of nitrogens with zero attached hydrogens (tertiary/aromatic N) is 1. The van der Waals surface area contributed by atoms with Crippen LogP contribution >= 0.6 is 35.0 Å². The maximum Gasteiger partial charge on any atom is 0.408 e. The number of ether oxygens (including phenoxy) is 2. The molecule has 0 radical (unpaired) electrons. The minimum atomic E-state index is -0.635. The Morgan fingerprint density at radius 1 is 1.21 bits per heavy atom. The summed E-state index contributed by atoms with van der Waals surface area (Å²) in [6, 6.07) is 6.06. The van der Waals surface area contributed by atoms with E-state index in [4.69, 9.17) is 32.7 Å². The normalized spacial score (nSPS) is 12.2. The summed E-state index contributed by atoms with van der Waals surface area (Å²) in [6.07, 6.45) is -0.160. The van der Waals surface area contributed by atoms with Gasteiger partial charge < -0.3 is 19.7 Å². The highest BCUT2D eigenvalue weighted by Gasteiger charge is 2.23. The Balaban J connectivity index is 3.05. The second kappa shape index (κ2) is 12.4. The fourth-order valence-electron chi connectivity index (χ4n) is 2.57. The number of carbonyl (C=O) groups excluding carboxylic acids is 2. The lowest BCUT2D eigenvalue weighted by Gasteiger charge is -2.25. The van der Waals surface area contributed by atoms with Crippen LogP contribution in [0.1, 0.15) is 31.9 Å². The first-order chi connectivity index (χ1) is 13.6. The lowest BCUT2D eigenvalue weighted by atomic mass is 10.0.